The number of nitrogens with one attached hydrogen (secondary N) is 1. The van der Waals surface area contributed by atoms with E-state index in [-0.39, 0.29) is 6.04 Å². The van der Waals surface area contributed by atoms with Gasteiger partial charge >= 0.3 is 0 Å². The van der Waals surface area contributed by atoms with Gasteiger partial charge in [0.25, 0.3) is 0 Å². The average Bonchev–Trinajstić information content (AvgIpc) is 2.84. The highest BCUT2D eigenvalue weighted by atomic mass is 79.9. The first-order chi connectivity index (χ1) is 9.45. The highest BCUT2D eigenvalue weighted by Gasteiger charge is 2.21. The van der Waals surface area contributed by atoms with E-state index in [0.29, 0.717) is 0 Å². The summed E-state index contributed by atoms with van der Waals surface area (Å²) in [5, 5.41) is 11.0. The summed E-state index contributed by atoms with van der Waals surface area (Å²) < 4.78 is 3.03. The van der Waals surface area contributed by atoms with Crippen molar-refractivity contribution in [1.82, 2.24) is 15.1 Å². The molecule has 3 nitrogen and oxygen atoms in total. The predicted octanol–water partition coefficient (Wildman–Crippen LogP) is 4.41. The van der Waals surface area contributed by atoms with Crippen molar-refractivity contribution in [1.29, 1.82) is 0 Å². The number of hydrogen-bond donors (Lipinski definition) is 1. The first-order valence-electron chi connectivity index (χ1n) is 6.60. The molecule has 0 bridgehead atoms. The van der Waals surface area contributed by atoms with Crippen molar-refractivity contribution >= 4 is 38.9 Å². The lowest BCUT2D eigenvalue weighted by molar-refractivity contribution is 0.535. The Morgan fingerprint density at radius 3 is 2.65 bits per heavy atom. The highest BCUT2D eigenvalue weighted by Crippen LogP contribution is 2.35. The number of rotatable bonds is 5. The van der Waals surface area contributed by atoms with E-state index in [1.165, 1.54) is 10.6 Å². The van der Waals surface area contributed by atoms with Crippen LogP contribution in [0.3, 0.4) is 0 Å². The van der Waals surface area contributed by atoms with E-state index in [0.717, 1.165) is 33.7 Å². The molecule has 0 aromatic carbocycles. The maximum atomic E-state index is 6.43. The minimum Gasteiger partial charge on any atom is -0.309 e. The van der Waals surface area contributed by atoms with Gasteiger partial charge in [-0.2, -0.15) is 5.10 Å². The first kappa shape index (κ1) is 16.0. The fourth-order valence-electron chi connectivity index (χ4n) is 2.28. The number of nitrogens with zero attached hydrogens (tertiary/aromatic N) is 2. The summed E-state index contributed by atoms with van der Waals surface area (Å²) in [6, 6.07) is 0.220. The molecule has 0 aliphatic rings. The molecule has 0 saturated carbocycles. The molecular formula is C14H19BrClN3S. The van der Waals surface area contributed by atoms with Crippen LogP contribution in [0.2, 0.25) is 5.02 Å². The van der Waals surface area contributed by atoms with E-state index in [1.54, 1.807) is 11.3 Å². The summed E-state index contributed by atoms with van der Waals surface area (Å²) in [5.74, 6) is 0. The fraction of sp³-hybridized carbons (Fsp3) is 0.500. The van der Waals surface area contributed by atoms with Gasteiger partial charge < -0.3 is 5.32 Å². The van der Waals surface area contributed by atoms with Crippen molar-refractivity contribution in [3.8, 4) is 0 Å². The molecule has 1 unspecified atom stereocenters. The third kappa shape index (κ3) is 3.11. The van der Waals surface area contributed by atoms with Gasteiger partial charge in [-0.15, -0.1) is 11.3 Å². The Kier molecular flexibility index (Phi) is 5.29. The van der Waals surface area contributed by atoms with Gasteiger partial charge in [0.15, 0.2) is 0 Å². The van der Waals surface area contributed by atoms with Gasteiger partial charge in [0, 0.05) is 24.4 Å². The molecule has 0 saturated heterocycles. The number of thiophene rings is 1. The van der Waals surface area contributed by atoms with Crippen LogP contribution in [-0.4, -0.2) is 16.3 Å². The van der Waals surface area contributed by atoms with Crippen LogP contribution < -0.4 is 5.32 Å². The van der Waals surface area contributed by atoms with Crippen molar-refractivity contribution < 1.29 is 0 Å². The molecule has 110 valence electrons. The smallest absolute Gasteiger partial charge is 0.0738 e. The van der Waals surface area contributed by atoms with Crippen molar-refractivity contribution in [2.24, 2.45) is 7.05 Å². The maximum Gasteiger partial charge on any atom is 0.0738 e. The zero-order chi connectivity index (χ0) is 14.9. The Bertz CT molecular complexity index is 606. The molecule has 6 heteroatoms. The molecule has 0 spiro atoms. The van der Waals surface area contributed by atoms with Gasteiger partial charge in [0.05, 0.1) is 20.9 Å². The van der Waals surface area contributed by atoms with Crippen LogP contribution in [0.4, 0.5) is 0 Å². The third-order valence-corrected chi connectivity index (χ3v) is 6.21. The van der Waals surface area contributed by atoms with Gasteiger partial charge in [-0.25, -0.2) is 0 Å². The molecular weight excluding hydrogens is 358 g/mol. The summed E-state index contributed by atoms with van der Waals surface area (Å²) >= 11 is 11.8. The Hall–Kier alpha value is -0.360. The second-order valence-corrected chi connectivity index (χ2v) is 6.96. The summed E-state index contributed by atoms with van der Waals surface area (Å²) in [6.45, 7) is 7.09. The Morgan fingerprint density at radius 1 is 1.50 bits per heavy atom. The van der Waals surface area contributed by atoms with Gasteiger partial charge in [-0.3, -0.25) is 4.68 Å². The van der Waals surface area contributed by atoms with Gasteiger partial charge in [-0.05, 0) is 47.3 Å². The monoisotopic (exact) mass is 375 g/mol. The topological polar surface area (TPSA) is 29.9 Å². The van der Waals surface area contributed by atoms with Crippen molar-refractivity contribution in [3.63, 3.8) is 0 Å². The summed E-state index contributed by atoms with van der Waals surface area (Å²) in [5.41, 5.74) is 3.36. The normalized spacial score (nSPS) is 12.9. The average molecular weight is 377 g/mol. The molecule has 1 N–H and O–H groups in total. The van der Waals surface area contributed by atoms with Crippen LogP contribution in [0.25, 0.3) is 0 Å². The summed E-state index contributed by atoms with van der Waals surface area (Å²) in [4.78, 5) is 1.21. The molecule has 0 aliphatic heterocycles. The molecule has 2 rings (SSSR count). The number of likely N-dealkylation sites (N-methyl/N-ethyl adjacent to an activating group) is 1. The molecule has 2 heterocycles. The van der Waals surface area contributed by atoms with Crippen LogP contribution in [-0.2, 0) is 13.5 Å². The van der Waals surface area contributed by atoms with E-state index in [4.69, 9.17) is 11.6 Å². The van der Waals surface area contributed by atoms with Gasteiger partial charge in [-0.1, -0.05) is 18.5 Å². The summed E-state index contributed by atoms with van der Waals surface area (Å²) in [6.07, 6.45) is 0.867. The Labute approximate surface area is 137 Å². The molecule has 0 amide bonds. The van der Waals surface area contributed by atoms with Crippen molar-refractivity contribution in [2.75, 3.05) is 6.54 Å². The molecule has 2 aromatic rings. The van der Waals surface area contributed by atoms with Gasteiger partial charge in [0.1, 0.15) is 0 Å². The van der Waals surface area contributed by atoms with E-state index in [2.05, 4.69) is 45.6 Å². The minimum atomic E-state index is 0.220. The van der Waals surface area contributed by atoms with E-state index >= 15 is 0 Å². The second kappa shape index (κ2) is 6.60. The van der Waals surface area contributed by atoms with Crippen LogP contribution in [0.15, 0.2) is 9.85 Å². The Balaban J connectivity index is 2.32. The number of aryl methyl sites for hydroxylation is 3. The second-order valence-electron chi connectivity index (χ2n) is 4.88. The van der Waals surface area contributed by atoms with E-state index in [1.807, 2.05) is 18.7 Å². The highest BCUT2D eigenvalue weighted by molar-refractivity contribution is 9.10. The number of aromatic nitrogens is 2. The zero-order valence-corrected chi connectivity index (χ0v) is 15.3. The van der Waals surface area contributed by atoms with E-state index < -0.39 is 0 Å². The largest absolute Gasteiger partial charge is 0.309 e. The van der Waals surface area contributed by atoms with Crippen LogP contribution in [0.1, 0.15) is 34.8 Å². The lowest BCUT2D eigenvalue weighted by atomic mass is 10.1. The minimum absolute atomic E-state index is 0.220. The quantitative estimate of drug-likeness (QED) is 0.837. The van der Waals surface area contributed by atoms with Crippen LogP contribution in [0, 0.1) is 13.8 Å². The molecule has 20 heavy (non-hydrogen) atoms. The molecule has 0 radical (unpaired) electrons. The third-order valence-electron chi connectivity index (χ3n) is 3.35. The molecule has 0 fully saturated rings. The van der Waals surface area contributed by atoms with Crippen molar-refractivity contribution in [3.05, 3.63) is 36.7 Å². The van der Waals surface area contributed by atoms with Crippen LogP contribution >= 0.6 is 38.9 Å². The number of halogens is 2. The SMILES string of the molecule is CCNC(Cc1c(Br)c(C)nn1C)c1scc(C)c1Cl. The Morgan fingerprint density at radius 2 is 2.20 bits per heavy atom. The zero-order valence-electron chi connectivity index (χ0n) is 12.1. The van der Waals surface area contributed by atoms with Crippen LogP contribution in [0.5, 0.6) is 0 Å². The van der Waals surface area contributed by atoms with Gasteiger partial charge in [0.2, 0.25) is 0 Å². The molecule has 1 atom stereocenters. The van der Waals surface area contributed by atoms with E-state index in [9.17, 15) is 0 Å². The lowest BCUT2D eigenvalue weighted by Gasteiger charge is -2.17. The first-order valence-corrected chi connectivity index (χ1v) is 8.65. The lowest BCUT2D eigenvalue weighted by Crippen LogP contribution is -2.23. The summed E-state index contributed by atoms with van der Waals surface area (Å²) in [7, 11) is 1.98. The maximum absolute atomic E-state index is 6.43. The molecule has 0 aliphatic carbocycles. The van der Waals surface area contributed by atoms with Crippen molar-refractivity contribution in [2.45, 2.75) is 33.2 Å². The predicted molar refractivity (Wildman–Crippen MR) is 89.8 cm³/mol. The fourth-order valence-corrected chi connectivity index (χ4v) is 4.18. The standard InChI is InChI=1S/C14H19BrClN3S/c1-5-17-10(14-13(16)8(2)7-20-14)6-11-12(15)9(3)18-19(11)4/h7,10,17H,5-6H2,1-4H3. The molecule has 2 aromatic heterocycles. The number of hydrogen-bond acceptors (Lipinski definition) is 3.